The van der Waals surface area contributed by atoms with Gasteiger partial charge in [-0.15, -0.1) is 0 Å². The second-order valence-corrected chi connectivity index (χ2v) is 5.94. The molecule has 0 aliphatic rings. The number of aryl methyl sites for hydroxylation is 2. The zero-order chi connectivity index (χ0) is 15.5. The molecule has 0 amide bonds. The second-order valence-electron chi connectivity index (χ2n) is 5.94. The SMILES string of the molecule is CCCCCCCC(NCCC)c1cc(CC)nn1CC. The number of nitrogens with one attached hydrogen (secondary N) is 1. The van der Waals surface area contributed by atoms with Gasteiger partial charge in [0.25, 0.3) is 0 Å². The molecule has 21 heavy (non-hydrogen) atoms. The summed E-state index contributed by atoms with van der Waals surface area (Å²) in [5, 5.41) is 8.44. The second kappa shape index (κ2) is 10.8. The van der Waals surface area contributed by atoms with Crippen LogP contribution in [0, 0.1) is 0 Å². The van der Waals surface area contributed by atoms with E-state index >= 15 is 0 Å². The average Bonchev–Trinajstić information content (AvgIpc) is 2.93. The molecule has 3 heteroatoms. The van der Waals surface area contributed by atoms with Crippen LogP contribution in [0.3, 0.4) is 0 Å². The van der Waals surface area contributed by atoms with Crippen LogP contribution in [0.15, 0.2) is 6.07 Å². The minimum atomic E-state index is 0.472. The van der Waals surface area contributed by atoms with E-state index in [1.165, 1.54) is 56.3 Å². The lowest BCUT2D eigenvalue weighted by Gasteiger charge is -2.19. The third kappa shape index (κ3) is 6.21. The molecule has 3 nitrogen and oxygen atoms in total. The van der Waals surface area contributed by atoms with Crippen LogP contribution in [0.4, 0.5) is 0 Å². The van der Waals surface area contributed by atoms with Gasteiger partial charge < -0.3 is 5.32 Å². The third-order valence-corrected chi connectivity index (χ3v) is 4.12. The van der Waals surface area contributed by atoms with Gasteiger partial charge in [0.05, 0.1) is 11.4 Å². The predicted molar refractivity (Wildman–Crippen MR) is 91.7 cm³/mol. The maximum atomic E-state index is 4.71. The normalized spacial score (nSPS) is 12.8. The highest BCUT2D eigenvalue weighted by Gasteiger charge is 2.16. The van der Waals surface area contributed by atoms with Crippen molar-refractivity contribution in [3.63, 3.8) is 0 Å². The number of nitrogens with zero attached hydrogens (tertiary/aromatic N) is 2. The summed E-state index contributed by atoms with van der Waals surface area (Å²) in [4.78, 5) is 0. The quantitative estimate of drug-likeness (QED) is 0.557. The first-order valence-electron chi connectivity index (χ1n) is 9.06. The molecular formula is C18H35N3. The van der Waals surface area contributed by atoms with Crippen molar-refractivity contribution in [2.24, 2.45) is 0 Å². The lowest BCUT2D eigenvalue weighted by atomic mass is 10.0. The molecule has 0 spiro atoms. The highest BCUT2D eigenvalue weighted by molar-refractivity contribution is 5.14. The van der Waals surface area contributed by atoms with E-state index in [1.54, 1.807) is 0 Å². The van der Waals surface area contributed by atoms with E-state index in [0.29, 0.717) is 6.04 Å². The Bertz CT molecular complexity index is 371. The molecule has 1 heterocycles. The lowest BCUT2D eigenvalue weighted by molar-refractivity contribution is 0.435. The number of hydrogen-bond donors (Lipinski definition) is 1. The van der Waals surface area contributed by atoms with Crippen LogP contribution in [0.5, 0.6) is 0 Å². The third-order valence-electron chi connectivity index (χ3n) is 4.12. The van der Waals surface area contributed by atoms with Crippen LogP contribution in [0.25, 0.3) is 0 Å². The van der Waals surface area contributed by atoms with E-state index in [-0.39, 0.29) is 0 Å². The van der Waals surface area contributed by atoms with Crippen molar-refractivity contribution in [2.75, 3.05) is 6.54 Å². The molecule has 0 aliphatic heterocycles. The summed E-state index contributed by atoms with van der Waals surface area (Å²) in [7, 11) is 0. The van der Waals surface area contributed by atoms with Crippen LogP contribution in [-0.4, -0.2) is 16.3 Å². The van der Waals surface area contributed by atoms with Crippen LogP contribution < -0.4 is 5.32 Å². The van der Waals surface area contributed by atoms with Crippen molar-refractivity contribution in [3.8, 4) is 0 Å². The predicted octanol–water partition coefficient (Wildman–Crippen LogP) is 4.87. The average molecular weight is 293 g/mol. The molecule has 0 fully saturated rings. The molecule has 1 unspecified atom stereocenters. The van der Waals surface area contributed by atoms with Crippen molar-refractivity contribution in [3.05, 3.63) is 17.5 Å². The monoisotopic (exact) mass is 293 g/mol. The van der Waals surface area contributed by atoms with Crippen molar-refractivity contribution in [1.29, 1.82) is 0 Å². The minimum absolute atomic E-state index is 0.472. The summed E-state index contributed by atoms with van der Waals surface area (Å²) in [6.07, 6.45) is 10.2. The van der Waals surface area contributed by atoms with Gasteiger partial charge in [0.2, 0.25) is 0 Å². The summed E-state index contributed by atoms with van der Waals surface area (Å²) in [5.41, 5.74) is 2.61. The maximum absolute atomic E-state index is 4.71. The minimum Gasteiger partial charge on any atom is -0.309 e. The molecular weight excluding hydrogens is 258 g/mol. The summed E-state index contributed by atoms with van der Waals surface area (Å²) in [6, 6.07) is 2.78. The van der Waals surface area contributed by atoms with E-state index in [0.717, 1.165) is 19.5 Å². The fourth-order valence-corrected chi connectivity index (χ4v) is 2.82. The van der Waals surface area contributed by atoms with Gasteiger partial charge in [-0.05, 0) is 38.8 Å². The lowest BCUT2D eigenvalue weighted by Crippen LogP contribution is -2.24. The molecule has 122 valence electrons. The molecule has 0 radical (unpaired) electrons. The van der Waals surface area contributed by atoms with E-state index in [9.17, 15) is 0 Å². The van der Waals surface area contributed by atoms with Gasteiger partial charge in [-0.1, -0.05) is 52.9 Å². The number of hydrogen-bond acceptors (Lipinski definition) is 2. The van der Waals surface area contributed by atoms with Gasteiger partial charge in [-0.25, -0.2) is 0 Å². The summed E-state index contributed by atoms with van der Waals surface area (Å²) >= 11 is 0. The van der Waals surface area contributed by atoms with Gasteiger partial charge >= 0.3 is 0 Å². The molecule has 0 aliphatic carbocycles. The van der Waals surface area contributed by atoms with Gasteiger partial charge in [0.1, 0.15) is 0 Å². The van der Waals surface area contributed by atoms with Gasteiger partial charge in [0.15, 0.2) is 0 Å². The van der Waals surface area contributed by atoms with E-state index in [4.69, 9.17) is 5.10 Å². The number of aromatic nitrogens is 2. The van der Waals surface area contributed by atoms with Crippen LogP contribution in [0.1, 0.15) is 90.1 Å². The van der Waals surface area contributed by atoms with Gasteiger partial charge in [0, 0.05) is 12.6 Å². The fourth-order valence-electron chi connectivity index (χ4n) is 2.82. The Kier molecular flexibility index (Phi) is 9.40. The highest BCUT2D eigenvalue weighted by Crippen LogP contribution is 2.22. The zero-order valence-corrected chi connectivity index (χ0v) is 14.6. The van der Waals surface area contributed by atoms with Crippen molar-refractivity contribution < 1.29 is 0 Å². The molecule has 0 saturated carbocycles. The Hall–Kier alpha value is -0.830. The van der Waals surface area contributed by atoms with Crippen LogP contribution in [-0.2, 0) is 13.0 Å². The fraction of sp³-hybridized carbons (Fsp3) is 0.833. The standard InChI is InChI=1S/C18H35N3/c1-5-9-10-11-12-13-17(19-14-6-2)18-15-16(7-3)20-21(18)8-4/h15,17,19H,5-14H2,1-4H3. The van der Waals surface area contributed by atoms with Gasteiger partial charge in [-0.3, -0.25) is 4.68 Å². The first-order chi connectivity index (χ1) is 10.3. The van der Waals surface area contributed by atoms with Crippen LogP contribution >= 0.6 is 0 Å². The number of unbranched alkanes of at least 4 members (excludes halogenated alkanes) is 4. The Balaban J connectivity index is 2.64. The summed E-state index contributed by atoms with van der Waals surface area (Å²) in [5.74, 6) is 0. The topological polar surface area (TPSA) is 29.9 Å². The summed E-state index contributed by atoms with van der Waals surface area (Å²) in [6.45, 7) is 10.9. The van der Waals surface area contributed by atoms with E-state index < -0.39 is 0 Å². The largest absolute Gasteiger partial charge is 0.309 e. The molecule has 1 aromatic heterocycles. The molecule has 0 aromatic carbocycles. The molecule has 1 N–H and O–H groups in total. The molecule has 1 rings (SSSR count). The maximum Gasteiger partial charge on any atom is 0.0625 e. The zero-order valence-electron chi connectivity index (χ0n) is 14.6. The number of rotatable bonds is 12. The van der Waals surface area contributed by atoms with E-state index in [1.807, 2.05) is 0 Å². The first-order valence-corrected chi connectivity index (χ1v) is 9.06. The molecule has 1 aromatic rings. The van der Waals surface area contributed by atoms with Crippen molar-refractivity contribution >= 4 is 0 Å². The Morgan fingerprint density at radius 2 is 1.81 bits per heavy atom. The van der Waals surface area contributed by atoms with Gasteiger partial charge in [-0.2, -0.15) is 5.10 Å². The van der Waals surface area contributed by atoms with Crippen molar-refractivity contribution in [2.45, 2.75) is 91.6 Å². The highest BCUT2D eigenvalue weighted by atomic mass is 15.3. The summed E-state index contributed by atoms with van der Waals surface area (Å²) < 4.78 is 2.19. The van der Waals surface area contributed by atoms with Crippen molar-refractivity contribution in [1.82, 2.24) is 15.1 Å². The molecule has 0 bridgehead atoms. The Labute approximate surface area is 131 Å². The molecule has 1 atom stereocenters. The smallest absolute Gasteiger partial charge is 0.0625 e. The Morgan fingerprint density at radius 1 is 1.05 bits per heavy atom. The first kappa shape index (κ1) is 18.2. The molecule has 0 saturated heterocycles. The van der Waals surface area contributed by atoms with E-state index in [2.05, 4.69) is 43.8 Å². The van der Waals surface area contributed by atoms with Crippen LogP contribution in [0.2, 0.25) is 0 Å². The Morgan fingerprint density at radius 3 is 2.43 bits per heavy atom.